The maximum Gasteiger partial charge on any atom is 0.306 e. The van der Waals surface area contributed by atoms with E-state index >= 15 is 0 Å². The number of carboxylic acid groups (broad SMARTS) is 1. The summed E-state index contributed by atoms with van der Waals surface area (Å²) in [6.45, 7) is 9.13. The van der Waals surface area contributed by atoms with Crippen molar-refractivity contribution in [2.45, 2.75) is 46.5 Å². The number of amides is 1. The number of nitrogens with zero attached hydrogens (tertiary/aromatic N) is 4. The number of anilines is 1. The van der Waals surface area contributed by atoms with Crippen molar-refractivity contribution < 1.29 is 23.8 Å². The topological polar surface area (TPSA) is 95.9 Å². The third-order valence-electron chi connectivity index (χ3n) is 7.11. The van der Waals surface area contributed by atoms with Crippen LogP contribution in [0.15, 0.2) is 30.3 Å². The summed E-state index contributed by atoms with van der Waals surface area (Å²) in [7, 11) is 0. The van der Waals surface area contributed by atoms with Crippen LogP contribution in [0.5, 0.6) is 5.75 Å². The summed E-state index contributed by atoms with van der Waals surface area (Å²) in [5, 5.41) is 18.8. The molecule has 214 valence electrons. The average molecular weight is 589 g/mol. The molecule has 1 aromatic heterocycles. The van der Waals surface area contributed by atoms with Gasteiger partial charge in [0.2, 0.25) is 5.13 Å². The van der Waals surface area contributed by atoms with Gasteiger partial charge in [0.1, 0.15) is 17.4 Å². The van der Waals surface area contributed by atoms with E-state index in [9.17, 15) is 19.1 Å². The summed E-state index contributed by atoms with van der Waals surface area (Å²) in [5.41, 5.74) is 2.67. The van der Waals surface area contributed by atoms with E-state index in [2.05, 4.69) is 15.1 Å². The highest BCUT2D eigenvalue weighted by Crippen LogP contribution is 2.35. The van der Waals surface area contributed by atoms with Crippen LogP contribution < -0.4 is 9.64 Å². The van der Waals surface area contributed by atoms with E-state index in [4.69, 9.17) is 16.3 Å². The van der Waals surface area contributed by atoms with Gasteiger partial charge in [-0.3, -0.25) is 19.4 Å². The van der Waals surface area contributed by atoms with Gasteiger partial charge in [-0.05, 0) is 81.6 Å². The van der Waals surface area contributed by atoms with Gasteiger partial charge in [0.15, 0.2) is 5.82 Å². The second kappa shape index (κ2) is 13.5. The Kier molecular flexibility index (Phi) is 10.1. The van der Waals surface area contributed by atoms with Gasteiger partial charge in [-0.2, -0.15) is 0 Å². The van der Waals surface area contributed by atoms with Crippen LogP contribution in [0.1, 0.15) is 54.1 Å². The van der Waals surface area contributed by atoms with Crippen LogP contribution in [0.4, 0.5) is 9.52 Å². The molecule has 1 amide bonds. The normalized spacial score (nSPS) is 14.3. The van der Waals surface area contributed by atoms with Gasteiger partial charge in [0.05, 0.1) is 16.5 Å². The van der Waals surface area contributed by atoms with Crippen molar-refractivity contribution in [3.8, 4) is 16.3 Å². The highest BCUT2D eigenvalue weighted by atomic mass is 35.5. The fourth-order valence-corrected chi connectivity index (χ4v) is 5.87. The van der Waals surface area contributed by atoms with Crippen LogP contribution in [0, 0.1) is 25.6 Å². The van der Waals surface area contributed by atoms with E-state index in [0.717, 1.165) is 54.9 Å². The number of aryl methyl sites for hydroxylation is 2. The quantitative estimate of drug-likeness (QED) is 0.283. The van der Waals surface area contributed by atoms with Crippen molar-refractivity contribution in [3.63, 3.8) is 0 Å². The van der Waals surface area contributed by atoms with Crippen molar-refractivity contribution in [2.75, 3.05) is 37.7 Å². The zero-order valence-electron chi connectivity index (χ0n) is 23.0. The summed E-state index contributed by atoms with van der Waals surface area (Å²) in [6, 6.07) is 8.36. The van der Waals surface area contributed by atoms with Crippen LogP contribution in [-0.2, 0) is 4.79 Å². The first kappa shape index (κ1) is 29.9. The third kappa shape index (κ3) is 6.97. The minimum absolute atomic E-state index is 0.0974. The molecule has 0 radical (unpaired) electrons. The van der Waals surface area contributed by atoms with Gasteiger partial charge in [-0.25, -0.2) is 4.39 Å². The molecule has 40 heavy (non-hydrogen) atoms. The Labute approximate surface area is 242 Å². The molecule has 3 aromatic rings. The Hall–Kier alpha value is -3.08. The number of likely N-dealkylation sites (tertiary alicyclic amines) is 1. The lowest BCUT2D eigenvalue weighted by atomic mass is 9.97. The minimum atomic E-state index is -0.744. The number of hydrogen-bond donors (Lipinski definition) is 1. The minimum Gasteiger partial charge on any atom is -0.492 e. The van der Waals surface area contributed by atoms with Gasteiger partial charge in [0.25, 0.3) is 5.91 Å². The largest absolute Gasteiger partial charge is 0.492 e. The van der Waals surface area contributed by atoms with Gasteiger partial charge in [0, 0.05) is 18.7 Å². The number of unbranched alkanes of at least 4 members (excludes halogenated alkanes) is 1. The van der Waals surface area contributed by atoms with E-state index in [0.29, 0.717) is 36.1 Å². The molecule has 1 aliphatic heterocycles. The Bertz CT molecular complexity index is 1340. The fraction of sp³-hybridized carbons (Fsp3) is 0.448. The number of aliphatic carboxylic acids is 1. The lowest BCUT2D eigenvalue weighted by Gasteiger charge is -2.30. The number of halogens is 2. The van der Waals surface area contributed by atoms with Gasteiger partial charge >= 0.3 is 5.97 Å². The first-order valence-corrected chi connectivity index (χ1v) is 14.7. The lowest BCUT2D eigenvalue weighted by molar-refractivity contribution is -0.143. The molecular weight excluding hydrogens is 555 g/mol. The molecule has 0 bridgehead atoms. The highest BCUT2D eigenvalue weighted by molar-refractivity contribution is 7.18. The second-order valence-electron chi connectivity index (χ2n) is 10.0. The van der Waals surface area contributed by atoms with Crippen LogP contribution in [0.3, 0.4) is 0 Å². The number of benzene rings is 2. The number of rotatable bonds is 11. The molecule has 11 heteroatoms. The summed E-state index contributed by atoms with van der Waals surface area (Å²) in [5.74, 6) is -1.39. The first-order valence-electron chi connectivity index (χ1n) is 13.5. The number of hydrogen-bond acceptors (Lipinski definition) is 7. The third-order valence-corrected chi connectivity index (χ3v) is 8.39. The molecule has 2 aromatic carbocycles. The molecule has 0 spiro atoms. The van der Waals surface area contributed by atoms with Crippen molar-refractivity contribution in [1.29, 1.82) is 0 Å². The average Bonchev–Trinajstić information content (AvgIpc) is 3.42. The number of ether oxygens (including phenoxy) is 1. The first-order chi connectivity index (χ1) is 19.2. The van der Waals surface area contributed by atoms with Crippen LogP contribution in [0.25, 0.3) is 10.6 Å². The molecule has 1 aliphatic rings. The molecule has 8 nitrogen and oxygen atoms in total. The predicted molar refractivity (Wildman–Crippen MR) is 155 cm³/mol. The van der Waals surface area contributed by atoms with Crippen LogP contribution in [-0.4, -0.2) is 64.9 Å². The van der Waals surface area contributed by atoms with E-state index in [1.165, 1.54) is 28.4 Å². The molecule has 0 aliphatic carbocycles. The number of carbonyl (C=O) groups excluding carboxylic acids is 1. The van der Waals surface area contributed by atoms with Gasteiger partial charge in [-0.1, -0.05) is 42.3 Å². The summed E-state index contributed by atoms with van der Waals surface area (Å²) in [4.78, 5) is 28.2. The zero-order chi connectivity index (χ0) is 28.8. The Balaban J connectivity index is 1.46. The summed E-state index contributed by atoms with van der Waals surface area (Å²) in [6.07, 6.45) is 2.92. The molecule has 1 fully saturated rings. The molecule has 4 rings (SSSR count). The molecule has 0 saturated carbocycles. The van der Waals surface area contributed by atoms with Crippen molar-refractivity contribution >= 4 is 39.9 Å². The number of carbonyl (C=O) groups is 2. The SMILES string of the molecule is CCCCN(C(=O)c1cccc(Cl)c1F)c1nnc(-c2cc(C)c(OCCN3CCC(C(=O)O)CC3)c(C)c2)s1. The van der Waals surface area contributed by atoms with Crippen LogP contribution in [0.2, 0.25) is 5.02 Å². The smallest absolute Gasteiger partial charge is 0.306 e. The molecule has 0 unspecified atom stereocenters. The molecule has 1 N–H and O–H groups in total. The van der Waals surface area contributed by atoms with Crippen LogP contribution >= 0.6 is 22.9 Å². The number of carboxylic acids is 1. The maximum absolute atomic E-state index is 14.6. The van der Waals surface area contributed by atoms with E-state index in [1.54, 1.807) is 6.07 Å². The maximum atomic E-state index is 14.6. The van der Waals surface area contributed by atoms with Crippen molar-refractivity contribution in [1.82, 2.24) is 15.1 Å². The molecule has 2 heterocycles. The molecule has 0 atom stereocenters. The lowest BCUT2D eigenvalue weighted by Crippen LogP contribution is -2.38. The van der Waals surface area contributed by atoms with Gasteiger partial charge < -0.3 is 9.84 Å². The Morgan fingerprint density at radius 2 is 1.90 bits per heavy atom. The predicted octanol–water partition coefficient (Wildman–Crippen LogP) is 6.24. The Morgan fingerprint density at radius 3 is 2.55 bits per heavy atom. The second-order valence-corrected chi connectivity index (χ2v) is 11.4. The number of aromatic nitrogens is 2. The van der Waals surface area contributed by atoms with E-state index in [1.807, 2.05) is 32.9 Å². The van der Waals surface area contributed by atoms with Gasteiger partial charge in [-0.15, -0.1) is 10.2 Å². The highest BCUT2D eigenvalue weighted by Gasteiger charge is 2.26. The van der Waals surface area contributed by atoms with Crippen molar-refractivity contribution in [2.24, 2.45) is 5.92 Å². The molecule has 1 saturated heterocycles. The molecular formula is C29H34ClFN4O4S. The zero-order valence-corrected chi connectivity index (χ0v) is 24.5. The number of piperidine rings is 1. The summed E-state index contributed by atoms with van der Waals surface area (Å²) >= 11 is 7.20. The van der Waals surface area contributed by atoms with E-state index < -0.39 is 17.7 Å². The standard InChI is InChI=1S/C29H34ClFN4O4S/c1-4-5-11-35(27(36)22-7-6-8-23(30)24(22)31)29-33-32-26(40-29)21-16-18(2)25(19(3)17-21)39-15-14-34-12-9-20(10-13-34)28(37)38/h6-8,16-17,20H,4-5,9-15H2,1-3H3,(H,37,38). The monoisotopic (exact) mass is 588 g/mol. The fourth-order valence-electron chi connectivity index (χ4n) is 4.84. The Morgan fingerprint density at radius 1 is 1.20 bits per heavy atom. The summed E-state index contributed by atoms with van der Waals surface area (Å²) < 4.78 is 20.8. The van der Waals surface area contributed by atoms with Crippen molar-refractivity contribution in [3.05, 3.63) is 57.9 Å². The van der Waals surface area contributed by atoms with E-state index in [-0.39, 0.29) is 16.5 Å².